The maximum absolute atomic E-state index is 14.2. The second kappa shape index (κ2) is 6.40. The second-order valence-electron chi connectivity index (χ2n) is 5.79. The minimum absolute atomic E-state index is 0.126. The first-order chi connectivity index (χ1) is 10.7. The van der Waals surface area contributed by atoms with Crippen LogP contribution in [-0.4, -0.2) is 17.0 Å². The normalized spacial score (nSPS) is 16.6. The van der Waals surface area contributed by atoms with E-state index < -0.39 is 0 Å². The van der Waals surface area contributed by atoms with Crippen molar-refractivity contribution in [2.24, 2.45) is 0 Å². The lowest BCUT2D eigenvalue weighted by molar-refractivity contribution is 0.325. The lowest BCUT2D eigenvalue weighted by Crippen LogP contribution is -2.40. The standard InChI is InChI=1S/C17H21FN4/c1-19-16-20-10-13(11-21-16)12-22-17(8-4-5-9-17)14-6-2-3-7-15(14)18/h2-3,6-7,10-11,22H,4-5,8-9,12H2,1H3,(H,19,20,21). The minimum Gasteiger partial charge on any atom is -0.357 e. The molecule has 1 aromatic heterocycles. The lowest BCUT2D eigenvalue weighted by Gasteiger charge is -2.31. The van der Waals surface area contributed by atoms with Gasteiger partial charge in [0, 0.05) is 42.7 Å². The van der Waals surface area contributed by atoms with E-state index in [4.69, 9.17) is 0 Å². The molecule has 22 heavy (non-hydrogen) atoms. The predicted molar refractivity (Wildman–Crippen MR) is 85.0 cm³/mol. The molecule has 0 amide bonds. The maximum atomic E-state index is 14.2. The summed E-state index contributed by atoms with van der Waals surface area (Å²) in [7, 11) is 1.79. The Bertz CT molecular complexity index is 621. The summed E-state index contributed by atoms with van der Waals surface area (Å²) in [5.41, 5.74) is 1.51. The third-order valence-electron chi connectivity index (χ3n) is 4.41. The lowest BCUT2D eigenvalue weighted by atomic mass is 9.87. The van der Waals surface area contributed by atoms with Crippen LogP contribution in [0.25, 0.3) is 0 Å². The SMILES string of the molecule is CNc1ncc(CNC2(c3ccccc3F)CCCC2)cn1. The first kappa shape index (κ1) is 14.9. The molecule has 0 saturated heterocycles. The smallest absolute Gasteiger partial charge is 0.222 e. The average Bonchev–Trinajstić information content (AvgIpc) is 3.04. The zero-order chi connectivity index (χ0) is 15.4. The van der Waals surface area contributed by atoms with Crippen molar-refractivity contribution in [1.82, 2.24) is 15.3 Å². The van der Waals surface area contributed by atoms with Gasteiger partial charge in [-0.15, -0.1) is 0 Å². The number of halogens is 1. The molecule has 3 rings (SSSR count). The molecule has 1 aliphatic rings. The first-order valence-electron chi connectivity index (χ1n) is 7.72. The molecule has 0 radical (unpaired) electrons. The number of nitrogens with zero attached hydrogens (tertiary/aromatic N) is 2. The van der Waals surface area contributed by atoms with Crippen molar-refractivity contribution in [2.75, 3.05) is 12.4 Å². The van der Waals surface area contributed by atoms with Gasteiger partial charge in [0.1, 0.15) is 5.82 Å². The number of hydrogen-bond donors (Lipinski definition) is 2. The molecule has 116 valence electrons. The third-order valence-corrected chi connectivity index (χ3v) is 4.41. The first-order valence-corrected chi connectivity index (χ1v) is 7.72. The summed E-state index contributed by atoms with van der Waals surface area (Å²) in [6.07, 6.45) is 7.77. The Balaban J connectivity index is 1.78. The van der Waals surface area contributed by atoms with E-state index in [-0.39, 0.29) is 11.4 Å². The van der Waals surface area contributed by atoms with E-state index in [0.717, 1.165) is 36.8 Å². The van der Waals surface area contributed by atoms with E-state index in [0.29, 0.717) is 12.5 Å². The van der Waals surface area contributed by atoms with Crippen molar-refractivity contribution in [1.29, 1.82) is 0 Å². The van der Waals surface area contributed by atoms with Crippen LogP contribution in [0.4, 0.5) is 10.3 Å². The van der Waals surface area contributed by atoms with Crippen molar-refractivity contribution in [3.63, 3.8) is 0 Å². The largest absolute Gasteiger partial charge is 0.357 e. The van der Waals surface area contributed by atoms with Gasteiger partial charge in [-0.2, -0.15) is 0 Å². The summed E-state index contributed by atoms with van der Waals surface area (Å²) in [5, 5.41) is 6.47. The highest BCUT2D eigenvalue weighted by atomic mass is 19.1. The predicted octanol–water partition coefficient (Wildman–Crippen LogP) is 3.22. The molecule has 2 N–H and O–H groups in total. The molecule has 1 saturated carbocycles. The number of hydrogen-bond acceptors (Lipinski definition) is 4. The van der Waals surface area contributed by atoms with E-state index >= 15 is 0 Å². The van der Waals surface area contributed by atoms with Gasteiger partial charge in [0.05, 0.1) is 0 Å². The summed E-state index contributed by atoms with van der Waals surface area (Å²) in [6.45, 7) is 0.637. The Hall–Kier alpha value is -2.01. The Morgan fingerprint density at radius 1 is 1.14 bits per heavy atom. The molecule has 0 aliphatic heterocycles. The van der Waals surface area contributed by atoms with Crippen LogP contribution in [0.2, 0.25) is 0 Å². The number of anilines is 1. The Kier molecular flexibility index (Phi) is 4.34. The topological polar surface area (TPSA) is 49.8 Å². The fourth-order valence-electron chi connectivity index (χ4n) is 3.22. The van der Waals surface area contributed by atoms with E-state index in [1.54, 1.807) is 31.6 Å². The molecule has 5 heteroatoms. The monoisotopic (exact) mass is 300 g/mol. The van der Waals surface area contributed by atoms with Crippen molar-refractivity contribution in [2.45, 2.75) is 37.8 Å². The molecule has 1 heterocycles. The van der Waals surface area contributed by atoms with Crippen LogP contribution in [0.15, 0.2) is 36.7 Å². The molecular formula is C17H21FN4. The van der Waals surface area contributed by atoms with Crippen molar-refractivity contribution < 1.29 is 4.39 Å². The van der Waals surface area contributed by atoms with Crippen molar-refractivity contribution in [3.8, 4) is 0 Å². The molecule has 0 spiro atoms. The zero-order valence-corrected chi connectivity index (χ0v) is 12.8. The molecular weight excluding hydrogens is 279 g/mol. The van der Waals surface area contributed by atoms with Crippen LogP contribution in [0.5, 0.6) is 0 Å². The van der Waals surface area contributed by atoms with Gasteiger partial charge in [-0.3, -0.25) is 0 Å². The number of nitrogens with one attached hydrogen (secondary N) is 2. The van der Waals surface area contributed by atoms with E-state index in [9.17, 15) is 4.39 Å². The van der Waals surface area contributed by atoms with Gasteiger partial charge in [-0.05, 0) is 18.9 Å². The zero-order valence-electron chi connectivity index (χ0n) is 12.8. The summed E-state index contributed by atoms with van der Waals surface area (Å²) < 4.78 is 14.2. The van der Waals surface area contributed by atoms with Crippen molar-refractivity contribution >= 4 is 5.95 Å². The quantitative estimate of drug-likeness (QED) is 0.890. The fourth-order valence-corrected chi connectivity index (χ4v) is 3.22. The van der Waals surface area contributed by atoms with Gasteiger partial charge in [0.15, 0.2) is 0 Å². The van der Waals surface area contributed by atoms with Crippen LogP contribution >= 0.6 is 0 Å². The van der Waals surface area contributed by atoms with Crippen LogP contribution in [-0.2, 0) is 12.1 Å². The van der Waals surface area contributed by atoms with E-state index in [1.165, 1.54) is 0 Å². The van der Waals surface area contributed by atoms with E-state index in [1.807, 2.05) is 12.1 Å². The number of benzene rings is 1. The fraction of sp³-hybridized carbons (Fsp3) is 0.412. The molecule has 0 atom stereocenters. The van der Waals surface area contributed by atoms with Crippen LogP contribution in [0, 0.1) is 5.82 Å². The van der Waals surface area contributed by atoms with Crippen molar-refractivity contribution in [3.05, 3.63) is 53.6 Å². The molecule has 1 aliphatic carbocycles. The van der Waals surface area contributed by atoms with Gasteiger partial charge >= 0.3 is 0 Å². The number of aromatic nitrogens is 2. The van der Waals surface area contributed by atoms with Crippen LogP contribution < -0.4 is 10.6 Å². The van der Waals surface area contributed by atoms with Gasteiger partial charge in [0.25, 0.3) is 0 Å². The number of rotatable bonds is 5. The highest BCUT2D eigenvalue weighted by Gasteiger charge is 2.36. The molecule has 0 bridgehead atoms. The van der Waals surface area contributed by atoms with Gasteiger partial charge in [-0.25, -0.2) is 14.4 Å². The van der Waals surface area contributed by atoms with Gasteiger partial charge < -0.3 is 10.6 Å². The van der Waals surface area contributed by atoms with Crippen LogP contribution in [0.3, 0.4) is 0 Å². The van der Waals surface area contributed by atoms with Crippen LogP contribution in [0.1, 0.15) is 36.8 Å². The highest BCUT2D eigenvalue weighted by Crippen LogP contribution is 2.40. The summed E-state index contributed by atoms with van der Waals surface area (Å²) >= 11 is 0. The highest BCUT2D eigenvalue weighted by molar-refractivity contribution is 5.28. The Morgan fingerprint density at radius 3 is 2.45 bits per heavy atom. The molecule has 4 nitrogen and oxygen atoms in total. The third kappa shape index (κ3) is 2.95. The second-order valence-corrected chi connectivity index (χ2v) is 5.79. The average molecular weight is 300 g/mol. The molecule has 1 aromatic carbocycles. The summed E-state index contributed by atoms with van der Waals surface area (Å²) in [5.74, 6) is 0.479. The summed E-state index contributed by atoms with van der Waals surface area (Å²) in [4.78, 5) is 8.44. The molecule has 0 unspecified atom stereocenters. The Morgan fingerprint density at radius 2 is 1.82 bits per heavy atom. The van der Waals surface area contributed by atoms with Gasteiger partial charge in [-0.1, -0.05) is 31.0 Å². The Labute approximate surface area is 130 Å². The molecule has 2 aromatic rings. The minimum atomic E-state index is -0.271. The van der Waals surface area contributed by atoms with E-state index in [2.05, 4.69) is 20.6 Å². The maximum Gasteiger partial charge on any atom is 0.222 e. The van der Waals surface area contributed by atoms with Gasteiger partial charge in [0.2, 0.25) is 5.95 Å². The molecule has 1 fully saturated rings. The summed E-state index contributed by atoms with van der Waals surface area (Å²) in [6, 6.07) is 7.09.